The number of benzene rings is 1. The maximum Gasteiger partial charge on any atom is 0.326 e. The van der Waals surface area contributed by atoms with Crippen LogP contribution in [0.4, 0.5) is 10.5 Å². The molecule has 0 bridgehead atoms. The summed E-state index contributed by atoms with van der Waals surface area (Å²) in [7, 11) is 0. The number of hydrogen-bond donors (Lipinski definition) is 4. The lowest BCUT2D eigenvalue weighted by atomic mass is 10.1. The summed E-state index contributed by atoms with van der Waals surface area (Å²) in [6.07, 6.45) is 1.82. The number of rotatable bonds is 6. The SMILES string of the molecule is CCCNC(=N)NC(=O)Nc1c(C)ccc(OCCC)c1C. The largest absolute Gasteiger partial charge is 0.493 e. The second-order valence-corrected chi connectivity index (χ2v) is 5.11. The van der Waals surface area contributed by atoms with Crippen LogP contribution in [0.25, 0.3) is 0 Å². The van der Waals surface area contributed by atoms with Crippen LogP contribution in [0, 0.1) is 19.3 Å². The minimum atomic E-state index is -0.438. The van der Waals surface area contributed by atoms with E-state index in [9.17, 15) is 4.79 Å². The molecule has 122 valence electrons. The van der Waals surface area contributed by atoms with E-state index in [0.29, 0.717) is 13.2 Å². The van der Waals surface area contributed by atoms with Gasteiger partial charge in [-0.2, -0.15) is 0 Å². The molecule has 0 saturated carbocycles. The first-order valence-corrected chi connectivity index (χ1v) is 7.63. The molecule has 0 fully saturated rings. The number of urea groups is 1. The summed E-state index contributed by atoms with van der Waals surface area (Å²) in [6, 6.07) is 3.38. The van der Waals surface area contributed by atoms with Crippen molar-refractivity contribution in [1.29, 1.82) is 5.41 Å². The van der Waals surface area contributed by atoms with E-state index in [1.165, 1.54) is 0 Å². The highest BCUT2D eigenvalue weighted by Crippen LogP contribution is 2.29. The Morgan fingerprint density at radius 2 is 1.95 bits per heavy atom. The first-order chi connectivity index (χ1) is 10.5. The highest BCUT2D eigenvalue weighted by atomic mass is 16.5. The van der Waals surface area contributed by atoms with E-state index in [1.807, 2.05) is 39.8 Å². The Labute approximate surface area is 132 Å². The van der Waals surface area contributed by atoms with Crippen LogP contribution in [0.2, 0.25) is 0 Å². The van der Waals surface area contributed by atoms with Gasteiger partial charge in [-0.3, -0.25) is 10.7 Å². The molecule has 0 unspecified atom stereocenters. The molecular weight excluding hydrogens is 280 g/mol. The number of aryl methyl sites for hydroxylation is 1. The normalized spacial score (nSPS) is 10.0. The first-order valence-electron chi connectivity index (χ1n) is 7.63. The average Bonchev–Trinajstić information content (AvgIpc) is 2.48. The minimum absolute atomic E-state index is 0.00644. The van der Waals surface area contributed by atoms with Gasteiger partial charge in [0.15, 0.2) is 5.96 Å². The smallest absolute Gasteiger partial charge is 0.326 e. The van der Waals surface area contributed by atoms with E-state index < -0.39 is 6.03 Å². The molecule has 2 amide bonds. The number of guanidine groups is 1. The van der Waals surface area contributed by atoms with Crippen LogP contribution < -0.4 is 20.7 Å². The highest BCUT2D eigenvalue weighted by Gasteiger charge is 2.12. The number of ether oxygens (including phenoxy) is 1. The Morgan fingerprint density at radius 1 is 1.23 bits per heavy atom. The van der Waals surface area contributed by atoms with Gasteiger partial charge < -0.3 is 15.4 Å². The molecule has 0 aliphatic heterocycles. The monoisotopic (exact) mass is 306 g/mol. The minimum Gasteiger partial charge on any atom is -0.493 e. The third-order valence-electron chi connectivity index (χ3n) is 3.11. The van der Waals surface area contributed by atoms with Gasteiger partial charge in [0.25, 0.3) is 0 Å². The summed E-state index contributed by atoms with van der Waals surface area (Å²) in [5.74, 6) is 0.759. The predicted octanol–water partition coefficient (Wildman–Crippen LogP) is 3.15. The summed E-state index contributed by atoms with van der Waals surface area (Å²) >= 11 is 0. The van der Waals surface area contributed by atoms with Gasteiger partial charge in [0.1, 0.15) is 5.75 Å². The molecule has 1 aromatic rings. The molecule has 1 rings (SSSR count). The molecule has 0 aromatic heterocycles. The Morgan fingerprint density at radius 3 is 2.59 bits per heavy atom. The molecule has 0 heterocycles. The van der Waals surface area contributed by atoms with Gasteiger partial charge in [-0.25, -0.2) is 4.79 Å². The lowest BCUT2D eigenvalue weighted by Gasteiger charge is -2.16. The first kappa shape index (κ1) is 17.8. The molecule has 0 saturated heterocycles. The van der Waals surface area contributed by atoms with Crippen LogP contribution in [0.1, 0.15) is 37.8 Å². The van der Waals surface area contributed by atoms with Crippen LogP contribution in [-0.4, -0.2) is 25.1 Å². The number of carbonyl (C=O) groups excluding carboxylic acids is 1. The van der Waals surface area contributed by atoms with Gasteiger partial charge >= 0.3 is 6.03 Å². The van der Waals surface area contributed by atoms with Crippen molar-refractivity contribution in [2.24, 2.45) is 0 Å². The molecule has 22 heavy (non-hydrogen) atoms. The number of hydrogen-bond acceptors (Lipinski definition) is 3. The van der Waals surface area contributed by atoms with Crippen LogP contribution in [0.3, 0.4) is 0 Å². The quantitative estimate of drug-likeness (QED) is 0.481. The van der Waals surface area contributed by atoms with Crippen molar-refractivity contribution in [2.45, 2.75) is 40.5 Å². The van der Waals surface area contributed by atoms with Gasteiger partial charge in [-0.15, -0.1) is 0 Å². The number of anilines is 1. The van der Waals surface area contributed by atoms with Gasteiger partial charge in [0.2, 0.25) is 0 Å². The standard InChI is InChI=1S/C16H26N4O2/c1-5-9-18-15(17)20-16(21)19-14-11(3)7-8-13(12(14)4)22-10-6-2/h7-8H,5-6,9-10H2,1-4H3,(H4,17,18,19,20,21). The fourth-order valence-corrected chi connectivity index (χ4v) is 1.94. The van der Waals surface area contributed by atoms with Crippen LogP contribution in [0.15, 0.2) is 12.1 Å². The molecule has 1 aromatic carbocycles. The Balaban J connectivity index is 2.75. The Kier molecular flexibility index (Phi) is 7.22. The number of nitrogens with one attached hydrogen (secondary N) is 4. The van der Waals surface area contributed by atoms with Crippen LogP contribution in [-0.2, 0) is 0 Å². The lowest BCUT2D eigenvalue weighted by molar-refractivity contribution is 0.255. The van der Waals surface area contributed by atoms with Crippen molar-refractivity contribution < 1.29 is 9.53 Å². The summed E-state index contributed by atoms with van der Waals surface area (Å²) in [5.41, 5.74) is 2.55. The topological polar surface area (TPSA) is 86.2 Å². The Hall–Kier alpha value is -2.24. The van der Waals surface area contributed by atoms with E-state index in [4.69, 9.17) is 10.1 Å². The maximum absolute atomic E-state index is 12.0. The number of amides is 2. The molecule has 0 spiro atoms. The van der Waals surface area contributed by atoms with Crippen LogP contribution >= 0.6 is 0 Å². The molecule has 0 atom stereocenters. The molecule has 6 heteroatoms. The summed E-state index contributed by atoms with van der Waals surface area (Å²) in [4.78, 5) is 12.0. The van der Waals surface area contributed by atoms with Crippen molar-refractivity contribution in [1.82, 2.24) is 10.6 Å². The molecule has 6 nitrogen and oxygen atoms in total. The van der Waals surface area contributed by atoms with E-state index in [2.05, 4.69) is 16.0 Å². The van der Waals surface area contributed by atoms with Crippen molar-refractivity contribution in [3.05, 3.63) is 23.3 Å². The molecule has 0 aliphatic carbocycles. The van der Waals surface area contributed by atoms with Crippen molar-refractivity contribution >= 4 is 17.7 Å². The summed E-state index contributed by atoms with van der Waals surface area (Å²) < 4.78 is 5.67. The van der Waals surface area contributed by atoms with Gasteiger partial charge in [0, 0.05) is 12.1 Å². The zero-order valence-corrected chi connectivity index (χ0v) is 13.8. The zero-order chi connectivity index (χ0) is 16.5. The fraction of sp³-hybridized carbons (Fsp3) is 0.500. The third-order valence-corrected chi connectivity index (χ3v) is 3.11. The van der Waals surface area contributed by atoms with Gasteiger partial charge in [-0.05, 0) is 38.3 Å². The van der Waals surface area contributed by atoms with Crippen molar-refractivity contribution in [3.63, 3.8) is 0 Å². The van der Waals surface area contributed by atoms with Crippen LogP contribution in [0.5, 0.6) is 5.75 Å². The molecule has 0 aliphatic rings. The molecular formula is C16H26N4O2. The van der Waals surface area contributed by atoms with E-state index >= 15 is 0 Å². The lowest BCUT2D eigenvalue weighted by Crippen LogP contribution is -2.42. The highest BCUT2D eigenvalue weighted by molar-refractivity contribution is 6.02. The maximum atomic E-state index is 12.0. The fourth-order valence-electron chi connectivity index (χ4n) is 1.94. The summed E-state index contributed by atoms with van der Waals surface area (Å²) in [6.45, 7) is 9.17. The summed E-state index contributed by atoms with van der Waals surface area (Å²) in [5, 5.41) is 15.7. The van der Waals surface area contributed by atoms with Gasteiger partial charge in [-0.1, -0.05) is 19.9 Å². The average molecular weight is 306 g/mol. The van der Waals surface area contributed by atoms with E-state index in [0.717, 1.165) is 35.4 Å². The molecule has 4 N–H and O–H groups in total. The second kappa shape index (κ2) is 8.92. The number of carbonyl (C=O) groups is 1. The zero-order valence-electron chi connectivity index (χ0n) is 13.8. The van der Waals surface area contributed by atoms with Crippen molar-refractivity contribution in [3.8, 4) is 5.75 Å². The van der Waals surface area contributed by atoms with E-state index in [-0.39, 0.29) is 5.96 Å². The third kappa shape index (κ3) is 5.27. The van der Waals surface area contributed by atoms with Crippen molar-refractivity contribution in [2.75, 3.05) is 18.5 Å². The second-order valence-electron chi connectivity index (χ2n) is 5.11. The Bertz CT molecular complexity index is 529. The van der Waals surface area contributed by atoms with E-state index in [1.54, 1.807) is 0 Å². The molecule has 0 radical (unpaired) electrons. The van der Waals surface area contributed by atoms with Gasteiger partial charge in [0.05, 0.1) is 12.3 Å². The predicted molar refractivity (Wildman–Crippen MR) is 89.9 cm³/mol.